The molecule has 1 aliphatic rings. The van der Waals surface area contributed by atoms with Crippen LogP contribution in [0.25, 0.3) is 0 Å². The molecule has 2 atom stereocenters. The molecule has 0 aliphatic carbocycles. The molecule has 5 nitrogen and oxygen atoms in total. The lowest BCUT2D eigenvalue weighted by molar-refractivity contribution is -0.158. The molecular weight excluding hydrogens is 380 g/mol. The lowest BCUT2D eigenvalue weighted by atomic mass is 9.98. The molecule has 0 unspecified atom stereocenters. The zero-order chi connectivity index (χ0) is 22.1. The van der Waals surface area contributed by atoms with Crippen LogP contribution in [0.3, 0.4) is 0 Å². The van der Waals surface area contributed by atoms with Crippen LogP contribution in [-0.4, -0.2) is 37.8 Å². The summed E-state index contributed by atoms with van der Waals surface area (Å²) in [7, 11) is 3.32. The summed E-state index contributed by atoms with van der Waals surface area (Å²) in [5.41, 5.74) is 0.502. The maximum Gasteiger partial charge on any atom is 0.163 e. The molecule has 1 heterocycles. The Labute approximate surface area is 182 Å². The first kappa shape index (κ1) is 24.4. The van der Waals surface area contributed by atoms with Crippen LogP contribution in [0, 0.1) is 0 Å². The van der Waals surface area contributed by atoms with Crippen molar-refractivity contribution in [3.63, 3.8) is 0 Å². The topological polar surface area (TPSA) is 46.2 Å². The van der Waals surface area contributed by atoms with Crippen LogP contribution in [0.4, 0.5) is 0 Å². The van der Waals surface area contributed by atoms with Gasteiger partial charge in [0.25, 0.3) is 0 Å². The highest BCUT2D eigenvalue weighted by molar-refractivity contribution is 5.26. The van der Waals surface area contributed by atoms with Crippen LogP contribution in [0.2, 0.25) is 0 Å². The van der Waals surface area contributed by atoms with Gasteiger partial charge in [0.15, 0.2) is 5.79 Å². The Morgan fingerprint density at radius 2 is 1.77 bits per heavy atom. The van der Waals surface area contributed by atoms with E-state index in [4.69, 9.17) is 23.7 Å². The van der Waals surface area contributed by atoms with Crippen LogP contribution in [0.15, 0.2) is 48.8 Å². The van der Waals surface area contributed by atoms with Crippen LogP contribution in [0.1, 0.15) is 58.9 Å². The third kappa shape index (κ3) is 8.13. The number of benzene rings is 1. The minimum Gasteiger partial charge on any atom is -0.505 e. The molecule has 1 aliphatic heterocycles. The van der Waals surface area contributed by atoms with Crippen LogP contribution in [-0.2, 0) is 25.6 Å². The van der Waals surface area contributed by atoms with E-state index in [1.54, 1.807) is 20.5 Å². The first-order valence-corrected chi connectivity index (χ1v) is 10.7. The molecule has 0 N–H and O–H groups in total. The fourth-order valence-electron chi connectivity index (χ4n) is 3.48. The standard InChI is InChI=1S/C25H38O5/c1-23(2)29-20-25(4,30-23)16-10-8-7-9-15-24(3,17-18-26-5)28-19-21-11-13-22(27-6)14-12-21/h7-8,11-14,17-18H,9-10,15-16,19-20H2,1-6H3/b8-7+,18-17+/t24-,25-/m0/s1. The fourth-order valence-corrected chi connectivity index (χ4v) is 3.48. The van der Waals surface area contributed by atoms with Crippen molar-refractivity contribution in [3.8, 4) is 5.75 Å². The molecule has 1 saturated heterocycles. The zero-order valence-electron chi connectivity index (χ0n) is 19.4. The van der Waals surface area contributed by atoms with Crippen molar-refractivity contribution in [1.29, 1.82) is 0 Å². The normalized spacial score (nSPS) is 23.1. The van der Waals surface area contributed by atoms with Gasteiger partial charge in [0.1, 0.15) is 5.75 Å². The summed E-state index contributed by atoms with van der Waals surface area (Å²) in [6.07, 6.45) is 11.8. The van der Waals surface area contributed by atoms with Gasteiger partial charge >= 0.3 is 0 Å². The minimum absolute atomic E-state index is 0.203. The molecule has 30 heavy (non-hydrogen) atoms. The molecule has 0 aromatic heterocycles. The summed E-state index contributed by atoms with van der Waals surface area (Å²) in [5.74, 6) is 0.368. The van der Waals surface area contributed by atoms with Gasteiger partial charge in [-0.15, -0.1) is 0 Å². The van der Waals surface area contributed by atoms with E-state index >= 15 is 0 Å². The average molecular weight is 419 g/mol. The van der Waals surface area contributed by atoms with E-state index in [1.165, 1.54) is 0 Å². The molecule has 1 aromatic carbocycles. The van der Waals surface area contributed by atoms with E-state index in [2.05, 4.69) is 26.0 Å². The van der Waals surface area contributed by atoms with Crippen molar-refractivity contribution in [2.45, 2.75) is 77.0 Å². The quantitative estimate of drug-likeness (QED) is 0.318. The molecule has 0 spiro atoms. The first-order chi connectivity index (χ1) is 14.2. The Morgan fingerprint density at radius 1 is 1.07 bits per heavy atom. The molecule has 0 bridgehead atoms. The van der Waals surface area contributed by atoms with E-state index < -0.39 is 11.4 Å². The summed E-state index contributed by atoms with van der Waals surface area (Å²) in [6, 6.07) is 7.95. The van der Waals surface area contributed by atoms with E-state index in [9.17, 15) is 0 Å². The molecule has 1 aromatic rings. The highest BCUT2D eigenvalue weighted by Gasteiger charge is 2.41. The average Bonchev–Trinajstić information content (AvgIpc) is 3.01. The molecule has 0 radical (unpaired) electrons. The van der Waals surface area contributed by atoms with Gasteiger partial charge in [0, 0.05) is 0 Å². The Kier molecular flexibility index (Phi) is 8.95. The van der Waals surface area contributed by atoms with Gasteiger partial charge in [0.2, 0.25) is 0 Å². The highest BCUT2D eigenvalue weighted by Crippen LogP contribution is 2.34. The lowest BCUT2D eigenvalue weighted by Crippen LogP contribution is -2.30. The highest BCUT2D eigenvalue weighted by atomic mass is 16.8. The molecule has 5 heteroatoms. The number of methoxy groups -OCH3 is 2. The Balaban J connectivity index is 1.80. The van der Waals surface area contributed by atoms with Gasteiger partial charge < -0.3 is 23.7 Å². The summed E-state index contributed by atoms with van der Waals surface area (Å²) < 4.78 is 28.3. The third-order valence-electron chi connectivity index (χ3n) is 5.32. The predicted molar refractivity (Wildman–Crippen MR) is 119 cm³/mol. The summed E-state index contributed by atoms with van der Waals surface area (Å²) in [5, 5.41) is 0. The Bertz CT molecular complexity index is 694. The summed E-state index contributed by atoms with van der Waals surface area (Å²) in [4.78, 5) is 0. The molecule has 0 saturated carbocycles. The van der Waals surface area contributed by atoms with Gasteiger partial charge in [-0.05, 0) is 77.2 Å². The largest absolute Gasteiger partial charge is 0.505 e. The smallest absolute Gasteiger partial charge is 0.163 e. The van der Waals surface area contributed by atoms with Gasteiger partial charge in [-0.3, -0.25) is 0 Å². The van der Waals surface area contributed by atoms with Gasteiger partial charge in [-0.2, -0.15) is 0 Å². The second-order valence-electron chi connectivity index (χ2n) is 8.78. The molecule has 1 fully saturated rings. The van der Waals surface area contributed by atoms with E-state index in [1.807, 2.05) is 44.2 Å². The van der Waals surface area contributed by atoms with Crippen molar-refractivity contribution in [2.24, 2.45) is 0 Å². The second-order valence-corrected chi connectivity index (χ2v) is 8.78. The second kappa shape index (κ2) is 11.0. The first-order valence-electron chi connectivity index (χ1n) is 10.7. The van der Waals surface area contributed by atoms with Crippen LogP contribution in [0.5, 0.6) is 5.75 Å². The molecule has 0 amide bonds. The Hall–Kier alpha value is -1.82. The third-order valence-corrected chi connectivity index (χ3v) is 5.32. The van der Waals surface area contributed by atoms with Crippen molar-refractivity contribution >= 4 is 0 Å². The van der Waals surface area contributed by atoms with Crippen LogP contribution < -0.4 is 4.74 Å². The number of ether oxygens (including phenoxy) is 5. The van der Waals surface area contributed by atoms with Crippen molar-refractivity contribution in [3.05, 3.63) is 54.3 Å². The molecule has 168 valence electrons. The van der Waals surface area contributed by atoms with Gasteiger partial charge in [-0.25, -0.2) is 0 Å². The summed E-state index contributed by atoms with van der Waals surface area (Å²) in [6.45, 7) is 9.32. The number of rotatable bonds is 12. The SMILES string of the molecule is CO/C=C/[C@](C)(CC/C=C/CC[C@@]1(C)COC(C)(C)O1)OCc1ccc(OC)cc1. The van der Waals surface area contributed by atoms with E-state index in [0.717, 1.165) is 37.0 Å². The van der Waals surface area contributed by atoms with Gasteiger partial charge in [0.05, 0.1) is 44.9 Å². The van der Waals surface area contributed by atoms with E-state index in [-0.39, 0.29) is 5.60 Å². The zero-order valence-corrected chi connectivity index (χ0v) is 19.4. The number of hydrogen-bond acceptors (Lipinski definition) is 5. The minimum atomic E-state index is -0.477. The number of hydrogen-bond donors (Lipinski definition) is 0. The van der Waals surface area contributed by atoms with Crippen molar-refractivity contribution in [1.82, 2.24) is 0 Å². The molecule has 2 rings (SSSR count). The monoisotopic (exact) mass is 418 g/mol. The maximum absolute atomic E-state index is 6.24. The fraction of sp³-hybridized carbons (Fsp3) is 0.600. The summed E-state index contributed by atoms with van der Waals surface area (Å²) >= 11 is 0. The van der Waals surface area contributed by atoms with Crippen LogP contribution >= 0.6 is 0 Å². The lowest BCUT2D eigenvalue weighted by Gasteiger charge is -2.26. The van der Waals surface area contributed by atoms with Crippen molar-refractivity contribution in [2.75, 3.05) is 20.8 Å². The Morgan fingerprint density at radius 3 is 2.37 bits per heavy atom. The van der Waals surface area contributed by atoms with Crippen molar-refractivity contribution < 1.29 is 23.7 Å². The number of allylic oxidation sites excluding steroid dienone is 2. The predicted octanol–water partition coefficient (Wildman–Crippen LogP) is 5.79. The molecular formula is C25H38O5. The van der Waals surface area contributed by atoms with Gasteiger partial charge in [-0.1, -0.05) is 24.3 Å². The maximum atomic E-state index is 6.24. The van der Waals surface area contributed by atoms with E-state index in [0.29, 0.717) is 13.2 Å².